The number of likely N-dealkylation sites (tertiary alicyclic amines) is 1. The Morgan fingerprint density at radius 2 is 2.00 bits per heavy atom. The van der Waals surface area contributed by atoms with Gasteiger partial charge in [-0.1, -0.05) is 6.07 Å². The Kier molecular flexibility index (Phi) is 8.20. The Labute approximate surface area is 237 Å². The molecule has 1 fully saturated rings. The summed E-state index contributed by atoms with van der Waals surface area (Å²) in [4.78, 5) is 10.4. The largest absolute Gasteiger partial charge is 0.493 e. The number of rotatable bonds is 6. The molecule has 0 spiro atoms. The van der Waals surface area contributed by atoms with Gasteiger partial charge in [-0.15, -0.1) is 0 Å². The lowest BCUT2D eigenvalue weighted by Crippen LogP contribution is -2.45. The van der Waals surface area contributed by atoms with Crippen molar-refractivity contribution >= 4 is 27.8 Å². The van der Waals surface area contributed by atoms with E-state index < -0.39 is 26.9 Å². The minimum absolute atomic E-state index is 0.00185. The van der Waals surface area contributed by atoms with Gasteiger partial charge in [0, 0.05) is 48.0 Å². The van der Waals surface area contributed by atoms with Gasteiger partial charge in [-0.05, 0) is 55.8 Å². The molecule has 1 aromatic heterocycles. The molecule has 0 amide bonds. The van der Waals surface area contributed by atoms with Gasteiger partial charge in [-0.2, -0.15) is 5.10 Å². The van der Waals surface area contributed by atoms with Crippen LogP contribution in [0.2, 0.25) is 0 Å². The minimum Gasteiger partial charge on any atom is -0.493 e. The van der Waals surface area contributed by atoms with Crippen LogP contribution in [0.5, 0.6) is 5.75 Å². The molecule has 0 atom stereocenters. The molecule has 5 rings (SSSR count). The molecule has 41 heavy (non-hydrogen) atoms. The zero-order valence-electron chi connectivity index (χ0n) is 22.6. The molecule has 13 heteroatoms. The van der Waals surface area contributed by atoms with Gasteiger partial charge in [0.2, 0.25) is 0 Å². The van der Waals surface area contributed by atoms with Crippen molar-refractivity contribution in [2.45, 2.75) is 24.7 Å². The molecule has 10 nitrogen and oxygen atoms in total. The van der Waals surface area contributed by atoms with Gasteiger partial charge in [-0.25, -0.2) is 31.9 Å². The van der Waals surface area contributed by atoms with Crippen LogP contribution in [0.3, 0.4) is 0 Å². The Morgan fingerprint density at radius 3 is 2.68 bits per heavy atom. The molecule has 2 aliphatic heterocycles. The third-order valence-electron chi connectivity index (χ3n) is 7.69. The first-order chi connectivity index (χ1) is 19.6. The van der Waals surface area contributed by atoms with E-state index in [1.165, 1.54) is 17.0 Å². The lowest BCUT2D eigenvalue weighted by atomic mass is 9.73. The van der Waals surface area contributed by atoms with E-state index in [2.05, 4.69) is 14.9 Å². The van der Waals surface area contributed by atoms with Crippen molar-refractivity contribution < 1.29 is 27.0 Å². The molecule has 218 valence electrons. The van der Waals surface area contributed by atoms with Crippen LogP contribution >= 0.6 is 0 Å². The maximum atomic E-state index is 14.3. The first kappa shape index (κ1) is 28.8. The third-order valence-corrected chi connectivity index (χ3v) is 8.61. The number of hydrogen-bond donors (Lipinski definition) is 2. The molecule has 3 N–H and O–H groups in total. The zero-order chi connectivity index (χ0) is 29.2. The average Bonchev–Trinajstić information content (AvgIpc) is 3.29. The van der Waals surface area contributed by atoms with Crippen LogP contribution in [-0.4, -0.2) is 85.4 Å². The van der Waals surface area contributed by atoms with Crippen molar-refractivity contribution in [3.05, 3.63) is 65.4 Å². The van der Waals surface area contributed by atoms with Gasteiger partial charge in [0.25, 0.3) is 5.96 Å². The second-order valence-corrected chi connectivity index (χ2v) is 12.7. The molecule has 0 aliphatic carbocycles. The van der Waals surface area contributed by atoms with Gasteiger partial charge < -0.3 is 20.5 Å². The zero-order valence-corrected chi connectivity index (χ0v) is 23.4. The van der Waals surface area contributed by atoms with Crippen LogP contribution in [-0.2, 0) is 21.7 Å². The van der Waals surface area contributed by atoms with Crippen LogP contribution in [0, 0.1) is 11.6 Å². The van der Waals surface area contributed by atoms with Crippen LogP contribution < -0.4 is 10.5 Å². The predicted molar refractivity (Wildman–Crippen MR) is 153 cm³/mol. The van der Waals surface area contributed by atoms with Crippen molar-refractivity contribution in [3.8, 4) is 17.0 Å². The highest BCUT2D eigenvalue weighted by atomic mass is 32.2. The van der Waals surface area contributed by atoms with E-state index in [-0.39, 0.29) is 24.0 Å². The standard InChI is InChI=1S/C28H32F2N6O4S/c1-41(38,39)13-11-35-9-7-28(17-37,8-10-35)20-2-5-25-22(14-20)26-19(6-12-40-25)16-36(34-26)27(32-18-31)33-24-4-3-21(29)15-23(24)30/h2-5,14-16,18,37H,6-13,17H2,1H3,(H2,31,32,33). The molecule has 1 saturated heterocycles. The number of aliphatic hydroxyl groups is 1. The van der Waals surface area contributed by atoms with Gasteiger partial charge in [0.15, 0.2) is 5.82 Å². The summed E-state index contributed by atoms with van der Waals surface area (Å²) in [7, 11) is -3.05. The number of benzene rings is 2. The van der Waals surface area contributed by atoms with Gasteiger partial charge in [-0.3, -0.25) is 0 Å². The number of fused-ring (bicyclic) bond motifs is 3. The number of piperidine rings is 1. The van der Waals surface area contributed by atoms with Crippen molar-refractivity contribution in [2.75, 3.05) is 44.9 Å². The lowest BCUT2D eigenvalue weighted by Gasteiger charge is -2.41. The van der Waals surface area contributed by atoms with Gasteiger partial charge in [0.05, 0.1) is 31.0 Å². The number of sulfone groups is 1. The molecule has 0 unspecified atom stereocenters. The Hall–Kier alpha value is -3.68. The molecule has 0 bridgehead atoms. The minimum atomic E-state index is -3.05. The van der Waals surface area contributed by atoms with Crippen molar-refractivity contribution in [3.63, 3.8) is 0 Å². The van der Waals surface area contributed by atoms with E-state index >= 15 is 0 Å². The highest BCUT2D eigenvalue weighted by Gasteiger charge is 2.37. The maximum Gasteiger partial charge on any atom is 0.252 e. The maximum absolute atomic E-state index is 14.3. The number of hydrogen-bond acceptors (Lipinski definition) is 7. The summed E-state index contributed by atoms with van der Waals surface area (Å²) in [5, 5.41) is 15.3. The molecule has 2 aliphatic rings. The molecule has 0 saturated carbocycles. The summed E-state index contributed by atoms with van der Waals surface area (Å²) in [5.41, 5.74) is 8.10. The normalized spacial score (nSPS) is 17.6. The Morgan fingerprint density at radius 1 is 1.22 bits per heavy atom. The summed E-state index contributed by atoms with van der Waals surface area (Å²) < 4.78 is 58.3. The number of aromatic nitrogens is 2. The molecule has 3 aromatic rings. The van der Waals surface area contributed by atoms with E-state index in [1.54, 1.807) is 6.20 Å². The lowest BCUT2D eigenvalue weighted by molar-refractivity contribution is 0.104. The molecule has 3 heterocycles. The summed E-state index contributed by atoms with van der Waals surface area (Å²) in [6.45, 7) is 2.15. The number of halogens is 2. The molecule has 0 radical (unpaired) electrons. The second-order valence-electron chi connectivity index (χ2n) is 10.5. The highest BCUT2D eigenvalue weighted by Crippen LogP contribution is 2.41. The van der Waals surface area contributed by atoms with Crippen LogP contribution in [0.1, 0.15) is 24.0 Å². The number of nitrogens with two attached hydrogens (primary N) is 1. The Balaban J connectivity index is 1.48. The fraction of sp³-hybridized carbons (Fsp3) is 0.393. The quantitative estimate of drug-likeness (QED) is 0.335. The van der Waals surface area contributed by atoms with Crippen molar-refractivity contribution in [2.24, 2.45) is 15.7 Å². The van der Waals surface area contributed by atoms with Gasteiger partial charge >= 0.3 is 0 Å². The van der Waals surface area contributed by atoms with E-state index in [4.69, 9.17) is 15.6 Å². The van der Waals surface area contributed by atoms with Crippen molar-refractivity contribution in [1.29, 1.82) is 0 Å². The van der Waals surface area contributed by atoms with E-state index in [1.807, 2.05) is 18.2 Å². The summed E-state index contributed by atoms with van der Waals surface area (Å²) >= 11 is 0. The van der Waals surface area contributed by atoms with E-state index in [0.29, 0.717) is 56.9 Å². The Bertz CT molecular complexity index is 1600. The van der Waals surface area contributed by atoms with E-state index in [9.17, 15) is 22.3 Å². The smallest absolute Gasteiger partial charge is 0.252 e. The first-order valence-corrected chi connectivity index (χ1v) is 15.3. The number of aliphatic hydroxyl groups excluding tert-OH is 1. The number of ether oxygens (including phenoxy) is 1. The molecular formula is C28H32F2N6O4S. The summed E-state index contributed by atoms with van der Waals surface area (Å²) in [5.74, 6) is -0.819. The van der Waals surface area contributed by atoms with Crippen LogP contribution in [0.25, 0.3) is 11.3 Å². The average molecular weight is 587 g/mol. The monoisotopic (exact) mass is 586 g/mol. The fourth-order valence-corrected chi connectivity index (χ4v) is 5.88. The van der Waals surface area contributed by atoms with Crippen molar-refractivity contribution in [1.82, 2.24) is 14.7 Å². The predicted octanol–water partition coefficient (Wildman–Crippen LogP) is 2.66. The SMILES string of the molecule is CS(=O)(=O)CCN1CCC(CO)(c2ccc3c(c2)-c2nn(C(N=CN)=Nc4ccc(F)cc4F)cc2CCO3)CC1. The second kappa shape index (κ2) is 11.7. The molecule has 2 aromatic carbocycles. The summed E-state index contributed by atoms with van der Waals surface area (Å²) in [6.07, 6.45) is 5.87. The van der Waals surface area contributed by atoms with E-state index in [0.717, 1.165) is 35.2 Å². The topological polar surface area (TPSA) is 135 Å². The first-order valence-electron chi connectivity index (χ1n) is 13.3. The van der Waals surface area contributed by atoms with Gasteiger partial charge in [0.1, 0.15) is 27.1 Å². The van der Waals surface area contributed by atoms with Crippen LogP contribution in [0.15, 0.2) is 52.6 Å². The number of nitrogens with zero attached hydrogens (tertiary/aromatic N) is 5. The van der Waals surface area contributed by atoms with Crippen LogP contribution in [0.4, 0.5) is 14.5 Å². The molecular weight excluding hydrogens is 554 g/mol. The fourth-order valence-electron chi connectivity index (χ4n) is 5.29. The third kappa shape index (κ3) is 6.31. The number of aliphatic imine (C=N–C) groups is 2. The summed E-state index contributed by atoms with van der Waals surface area (Å²) in [6, 6.07) is 8.89. The highest BCUT2D eigenvalue weighted by molar-refractivity contribution is 7.90.